The fraction of sp³-hybridized carbons (Fsp3) is 0.222. The van der Waals surface area contributed by atoms with Gasteiger partial charge in [-0.3, -0.25) is 4.79 Å². The zero-order valence-electron chi connectivity index (χ0n) is 13.4. The van der Waals surface area contributed by atoms with Crippen LogP contribution in [-0.2, 0) is 20.9 Å². The largest absolute Gasteiger partial charge is 0.469 e. The lowest BCUT2D eigenvalue weighted by Crippen LogP contribution is -2.31. The van der Waals surface area contributed by atoms with Gasteiger partial charge in [0.1, 0.15) is 6.61 Å². The molecule has 0 aliphatic carbocycles. The summed E-state index contributed by atoms with van der Waals surface area (Å²) in [5, 5.41) is 2.69. The van der Waals surface area contributed by atoms with E-state index in [9.17, 15) is 9.59 Å². The molecule has 1 unspecified atom stereocenters. The van der Waals surface area contributed by atoms with E-state index in [-0.39, 0.29) is 13.0 Å². The Hall–Kier alpha value is -3.02. The van der Waals surface area contributed by atoms with Gasteiger partial charge in [0.25, 0.3) is 0 Å². The number of amides is 1. The standard InChI is InChI=1S/C18H20N2O4/c1-23-17(21)11-16(14-7-9-15(19)10-8-14)20-18(22)24-12-13-5-3-2-4-6-13/h2-10,16H,11-12,19H2,1H3,(H,20,22). The number of alkyl carbamates (subject to hydrolysis) is 1. The molecule has 3 N–H and O–H groups in total. The van der Waals surface area contributed by atoms with Crippen molar-refractivity contribution in [2.45, 2.75) is 19.1 Å². The van der Waals surface area contributed by atoms with E-state index < -0.39 is 18.1 Å². The van der Waals surface area contributed by atoms with Crippen LogP contribution in [0.1, 0.15) is 23.6 Å². The van der Waals surface area contributed by atoms with Crippen LogP contribution in [0.3, 0.4) is 0 Å². The molecule has 2 aromatic rings. The Morgan fingerprint density at radius 2 is 1.75 bits per heavy atom. The Labute approximate surface area is 140 Å². The molecular weight excluding hydrogens is 308 g/mol. The Morgan fingerprint density at radius 1 is 1.08 bits per heavy atom. The second-order valence-corrected chi connectivity index (χ2v) is 5.21. The quantitative estimate of drug-likeness (QED) is 0.628. The first-order valence-corrected chi connectivity index (χ1v) is 7.48. The van der Waals surface area contributed by atoms with Crippen molar-refractivity contribution in [2.75, 3.05) is 12.8 Å². The summed E-state index contributed by atoms with van der Waals surface area (Å²) in [6, 6.07) is 15.7. The van der Waals surface area contributed by atoms with Gasteiger partial charge in [-0.2, -0.15) is 0 Å². The topological polar surface area (TPSA) is 90.6 Å². The zero-order valence-corrected chi connectivity index (χ0v) is 13.4. The highest BCUT2D eigenvalue weighted by atomic mass is 16.5. The number of nitrogen functional groups attached to an aromatic ring is 1. The van der Waals surface area contributed by atoms with Gasteiger partial charge in [-0.25, -0.2) is 4.79 Å². The van der Waals surface area contributed by atoms with Gasteiger partial charge in [0, 0.05) is 5.69 Å². The molecule has 0 spiro atoms. The van der Waals surface area contributed by atoms with E-state index in [1.807, 2.05) is 30.3 Å². The van der Waals surface area contributed by atoms with Gasteiger partial charge in [-0.15, -0.1) is 0 Å². The highest BCUT2D eigenvalue weighted by Gasteiger charge is 2.19. The minimum atomic E-state index is -0.607. The monoisotopic (exact) mass is 328 g/mol. The fourth-order valence-corrected chi connectivity index (χ4v) is 2.14. The summed E-state index contributed by atoms with van der Waals surface area (Å²) in [5.74, 6) is -0.430. The Bertz CT molecular complexity index is 671. The molecule has 126 valence electrons. The van der Waals surface area contributed by atoms with Crippen molar-refractivity contribution in [3.05, 3.63) is 65.7 Å². The van der Waals surface area contributed by atoms with Crippen molar-refractivity contribution in [3.63, 3.8) is 0 Å². The van der Waals surface area contributed by atoms with Crippen LogP contribution in [0.15, 0.2) is 54.6 Å². The maximum atomic E-state index is 12.0. The number of nitrogens with two attached hydrogens (primary N) is 1. The number of rotatable bonds is 6. The Balaban J connectivity index is 2.00. The number of nitrogens with one attached hydrogen (secondary N) is 1. The van der Waals surface area contributed by atoms with Crippen LogP contribution in [0.25, 0.3) is 0 Å². The number of esters is 1. The maximum absolute atomic E-state index is 12.0. The minimum Gasteiger partial charge on any atom is -0.469 e. The molecule has 0 bridgehead atoms. The number of benzene rings is 2. The third-order valence-corrected chi connectivity index (χ3v) is 3.44. The fourth-order valence-electron chi connectivity index (χ4n) is 2.14. The average molecular weight is 328 g/mol. The number of anilines is 1. The van der Waals surface area contributed by atoms with Crippen molar-refractivity contribution in [1.29, 1.82) is 0 Å². The van der Waals surface area contributed by atoms with Crippen LogP contribution in [0.5, 0.6) is 0 Å². The molecule has 1 atom stereocenters. The molecular formula is C18H20N2O4. The van der Waals surface area contributed by atoms with Crippen LogP contribution in [0.2, 0.25) is 0 Å². The minimum absolute atomic E-state index is 0.000848. The van der Waals surface area contributed by atoms with Crippen LogP contribution in [0, 0.1) is 0 Å². The molecule has 2 rings (SSSR count). The first-order chi connectivity index (χ1) is 11.6. The maximum Gasteiger partial charge on any atom is 0.407 e. The van der Waals surface area contributed by atoms with Gasteiger partial charge in [0.15, 0.2) is 0 Å². The van der Waals surface area contributed by atoms with E-state index in [4.69, 9.17) is 10.5 Å². The lowest BCUT2D eigenvalue weighted by atomic mass is 10.0. The molecule has 24 heavy (non-hydrogen) atoms. The molecule has 0 heterocycles. The Kier molecular flexibility index (Phi) is 6.19. The Morgan fingerprint density at radius 3 is 2.38 bits per heavy atom. The molecule has 0 aromatic heterocycles. The van der Waals surface area contributed by atoms with E-state index >= 15 is 0 Å². The van der Waals surface area contributed by atoms with Gasteiger partial charge in [0.05, 0.1) is 19.6 Å². The van der Waals surface area contributed by atoms with Crippen molar-refractivity contribution in [3.8, 4) is 0 Å². The third-order valence-electron chi connectivity index (χ3n) is 3.44. The molecule has 0 radical (unpaired) electrons. The van der Waals surface area contributed by atoms with Gasteiger partial charge < -0.3 is 20.5 Å². The van der Waals surface area contributed by atoms with Crippen LogP contribution < -0.4 is 11.1 Å². The molecule has 0 aliphatic heterocycles. The van der Waals surface area contributed by atoms with Crippen molar-refractivity contribution in [2.24, 2.45) is 0 Å². The molecule has 2 aromatic carbocycles. The van der Waals surface area contributed by atoms with Gasteiger partial charge in [-0.05, 0) is 23.3 Å². The third kappa shape index (κ3) is 5.31. The highest BCUT2D eigenvalue weighted by molar-refractivity contribution is 5.73. The molecule has 0 aliphatic rings. The number of hydrogen-bond acceptors (Lipinski definition) is 5. The lowest BCUT2D eigenvalue weighted by molar-refractivity contribution is -0.141. The molecule has 0 saturated carbocycles. The first-order valence-electron chi connectivity index (χ1n) is 7.48. The number of carbonyl (C=O) groups excluding carboxylic acids is 2. The number of hydrogen-bond donors (Lipinski definition) is 2. The van der Waals surface area contributed by atoms with E-state index in [2.05, 4.69) is 10.1 Å². The number of carbonyl (C=O) groups is 2. The smallest absolute Gasteiger partial charge is 0.407 e. The summed E-state index contributed by atoms with van der Waals surface area (Å²) < 4.78 is 9.87. The predicted octanol–water partition coefficient (Wildman–Crippen LogP) is 2.80. The summed E-state index contributed by atoms with van der Waals surface area (Å²) in [6.07, 6.45) is -0.606. The number of methoxy groups -OCH3 is 1. The molecule has 0 fully saturated rings. The molecule has 0 saturated heterocycles. The normalized spacial score (nSPS) is 11.4. The van der Waals surface area contributed by atoms with E-state index in [1.54, 1.807) is 24.3 Å². The van der Waals surface area contributed by atoms with Crippen molar-refractivity contribution in [1.82, 2.24) is 5.32 Å². The summed E-state index contributed by atoms with van der Waals surface area (Å²) in [4.78, 5) is 23.6. The lowest BCUT2D eigenvalue weighted by Gasteiger charge is -2.18. The van der Waals surface area contributed by atoms with E-state index in [0.29, 0.717) is 5.69 Å². The second kappa shape index (κ2) is 8.57. The predicted molar refractivity (Wildman–Crippen MR) is 90.0 cm³/mol. The summed E-state index contributed by atoms with van der Waals surface area (Å²) >= 11 is 0. The average Bonchev–Trinajstić information content (AvgIpc) is 2.61. The summed E-state index contributed by atoms with van der Waals surface area (Å²) in [7, 11) is 1.30. The number of ether oxygens (including phenoxy) is 2. The molecule has 6 heteroatoms. The van der Waals surface area contributed by atoms with Gasteiger partial charge in [-0.1, -0.05) is 42.5 Å². The van der Waals surface area contributed by atoms with E-state index in [1.165, 1.54) is 7.11 Å². The molecule has 1 amide bonds. The van der Waals surface area contributed by atoms with Gasteiger partial charge in [0.2, 0.25) is 0 Å². The highest BCUT2D eigenvalue weighted by Crippen LogP contribution is 2.19. The van der Waals surface area contributed by atoms with Crippen LogP contribution in [0.4, 0.5) is 10.5 Å². The van der Waals surface area contributed by atoms with Crippen LogP contribution in [-0.4, -0.2) is 19.2 Å². The molecule has 6 nitrogen and oxygen atoms in total. The van der Waals surface area contributed by atoms with Crippen molar-refractivity contribution < 1.29 is 19.1 Å². The SMILES string of the molecule is COC(=O)CC(NC(=O)OCc1ccccc1)c1ccc(N)cc1. The van der Waals surface area contributed by atoms with E-state index in [0.717, 1.165) is 11.1 Å². The zero-order chi connectivity index (χ0) is 17.4. The second-order valence-electron chi connectivity index (χ2n) is 5.21. The van der Waals surface area contributed by atoms with Gasteiger partial charge >= 0.3 is 12.1 Å². The van der Waals surface area contributed by atoms with Crippen molar-refractivity contribution >= 4 is 17.7 Å². The summed E-state index contributed by atoms with van der Waals surface area (Å²) in [6.45, 7) is 0.152. The summed E-state index contributed by atoms with van der Waals surface area (Å²) in [5.41, 5.74) is 7.88. The van der Waals surface area contributed by atoms with Crippen LogP contribution >= 0.6 is 0 Å². The first kappa shape index (κ1) is 17.3.